The Bertz CT molecular complexity index is 984. The number of likely N-dealkylation sites (tertiary alicyclic amines) is 1. The molecule has 2 N–H and O–H groups in total. The number of carbonyl (C=O) groups excluding carboxylic acids is 2. The van der Waals surface area contributed by atoms with E-state index in [0.29, 0.717) is 31.5 Å². The van der Waals surface area contributed by atoms with Crippen molar-refractivity contribution in [1.82, 2.24) is 10.2 Å². The van der Waals surface area contributed by atoms with E-state index in [1.54, 1.807) is 24.3 Å². The fraction of sp³-hybridized carbons (Fsp3) is 0.286. The molecule has 6 nitrogen and oxygen atoms in total. The molecule has 0 atom stereocenters. The maximum Gasteiger partial charge on any atom is 0.272 e. The Hall–Kier alpha value is -3.13. The molecule has 2 aliphatic rings. The van der Waals surface area contributed by atoms with Crippen LogP contribution in [0.1, 0.15) is 18.4 Å². The average molecular weight is 398 g/mol. The predicted octanol–water partition coefficient (Wildman–Crippen LogP) is 2.31. The Morgan fingerprint density at radius 3 is 2.62 bits per heavy atom. The molecule has 2 aromatic rings. The van der Waals surface area contributed by atoms with Crippen molar-refractivity contribution in [3.05, 3.63) is 65.7 Å². The number of benzene rings is 2. The van der Waals surface area contributed by atoms with Crippen molar-refractivity contribution in [3.8, 4) is 0 Å². The van der Waals surface area contributed by atoms with E-state index in [-0.39, 0.29) is 29.8 Å². The molecule has 2 amide bonds. The second-order valence-electron chi connectivity index (χ2n) is 7.26. The van der Waals surface area contributed by atoms with Crippen LogP contribution >= 0.6 is 0 Å². The SMILES string of the molecule is O=C(CN1CCC2(CC1)N=C(c1cccc(F)c1)C(=O)N2)Nc1ccccc1F. The van der Waals surface area contributed by atoms with Gasteiger partial charge in [-0.3, -0.25) is 19.5 Å². The first-order chi connectivity index (χ1) is 13.9. The molecule has 8 heteroatoms. The third-order valence-corrected chi connectivity index (χ3v) is 5.18. The number of nitrogens with one attached hydrogen (secondary N) is 2. The molecule has 29 heavy (non-hydrogen) atoms. The summed E-state index contributed by atoms with van der Waals surface area (Å²) in [6, 6.07) is 11.8. The van der Waals surface area contributed by atoms with Crippen molar-refractivity contribution in [2.75, 3.05) is 25.0 Å². The summed E-state index contributed by atoms with van der Waals surface area (Å²) in [4.78, 5) is 31.1. The molecule has 0 saturated carbocycles. The largest absolute Gasteiger partial charge is 0.326 e. The molecule has 0 unspecified atom stereocenters. The molecule has 1 spiro atoms. The lowest BCUT2D eigenvalue weighted by atomic mass is 9.98. The molecule has 2 aromatic carbocycles. The molecular formula is C21H20F2N4O2. The van der Waals surface area contributed by atoms with Crippen LogP contribution in [0, 0.1) is 11.6 Å². The minimum atomic E-state index is -0.725. The van der Waals surface area contributed by atoms with E-state index in [0.717, 1.165) is 0 Å². The standard InChI is InChI=1S/C21H20F2N4O2/c22-15-5-3-4-14(12-15)19-20(29)26-21(25-19)8-10-27(11-9-21)13-18(28)24-17-7-2-1-6-16(17)23/h1-7,12H,8-11,13H2,(H,24,28)(H,26,29). The highest BCUT2D eigenvalue weighted by atomic mass is 19.1. The fourth-order valence-corrected chi connectivity index (χ4v) is 3.67. The maximum atomic E-state index is 13.7. The van der Waals surface area contributed by atoms with E-state index in [1.807, 2.05) is 4.90 Å². The number of piperidine rings is 1. The molecule has 150 valence electrons. The quantitative estimate of drug-likeness (QED) is 0.830. The van der Waals surface area contributed by atoms with Crippen LogP contribution in [0.5, 0.6) is 0 Å². The van der Waals surface area contributed by atoms with Gasteiger partial charge in [0.15, 0.2) is 0 Å². The number of carbonyl (C=O) groups is 2. The normalized spacial score (nSPS) is 18.4. The summed E-state index contributed by atoms with van der Waals surface area (Å²) in [7, 11) is 0. The second-order valence-corrected chi connectivity index (χ2v) is 7.26. The summed E-state index contributed by atoms with van der Waals surface area (Å²) in [6.07, 6.45) is 1.06. The zero-order valence-corrected chi connectivity index (χ0v) is 15.6. The van der Waals surface area contributed by atoms with Crippen molar-refractivity contribution >= 4 is 23.2 Å². The highest BCUT2D eigenvalue weighted by molar-refractivity contribution is 6.46. The van der Waals surface area contributed by atoms with E-state index in [4.69, 9.17) is 0 Å². The molecule has 0 bridgehead atoms. The first-order valence-electron chi connectivity index (χ1n) is 9.39. The summed E-state index contributed by atoms with van der Waals surface area (Å²) in [5.41, 5.74) is 0.108. The lowest BCUT2D eigenvalue weighted by Gasteiger charge is -2.36. The van der Waals surface area contributed by atoms with E-state index in [2.05, 4.69) is 15.6 Å². The van der Waals surface area contributed by atoms with Gasteiger partial charge in [-0.25, -0.2) is 8.78 Å². The summed E-state index contributed by atoms with van der Waals surface area (Å²) in [5, 5.41) is 5.49. The smallest absolute Gasteiger partial charge is 0.272 e. The van der Waals surface area contributed by atoms with Gasteiger partial charge in [0.1, 0.15) is 23.0 Å². The summed E-state index contributed by atoms with van der Waals surface area (Å²) < 4.78 is 27.1. The summed E-state index contributed by atoms with van der Waals surface area (Å²) >= 11 is 0. The Morgan fingerprint density at radius 1 is 1.14 bits per heavy atom. The molecular weight excluding hydrogens is 378 g/mol. The number of anilines is 1. The predicted molar refractivity (Wildman–Crippen MR) is 105 cm³/mol. The summed E-state index contributed by atoms with van der Waals surface area (Å²) in [6.45, 7) is 1.22. The van der Waals surface area contributed by atoms with Crippen LogP contribution in [0.4, 0.5) is 14.5 Å². The fourth-order valence-electron chi connectivity index (χ4n) is 3.67. The molecule has 2 heterocycles. The van der Waals surface area contributed by atoms with Gasteiger partial charge < -0.3 is 10.6 Å². The van der Waals surface area contributed by atoms with E-state index >= 15 is 0 Å². The second kappa shape index (κ2) is 7.71. The zero-order valence-electron chi connectivity index (χ0n) is 15.6. The molecule has 0 aromatic heterocycles. The Balaban J connectivity index is 1.37. The van der Waals surface area contributed by atoms with Crippen LogP contribution in [-0.2, 0) is 9.59 Å². The van der Waals surface area contributed by atoms with Crippen LogP contribution in [0.3, 0.4) is 0 Å². The molecule has 4 rings (SSSR count). The van der Waals surface area contributed by atoms with Crippen LogP contribution in [-0.4, -0.2) is 47.7 Å². The van der Waals surface area contributed by atoms with Crippen molar-refractivity contribution in [1.29, 1.82) is 0 Å². The van der Waals surface area contributed by atoms with Gasteiger partial charge in [-0.15, -0.1) is 0 Å². The number of amides is 2. The van der Waals surface area contributed by atoms with Crippen LogP contribution in [0.2, 0.25) is 0 Å². The van der Waals surface area contributed by atoms with Crippen LogP contribution < -0.4 is 10.6 Å². The Kier molecular flexibility index (Phi) is 5.10. The number of hydrogen-bond acceptors (Lipinski definition) is 4. The van der Waals surface area contributed by atoms with Crippen LogP contribution in [0.15, 0.2) is 53.5 Å². The van der Waals surface area contributed by atoms with Gasteiger partial charge in [-0.05, 0) is 24.3 Å². The van der Waals surface area contributed by atoms with E-state index in [9.17, 15) is 18.4 Å². The van der Waals surface area contributed by atoms with E-state index < -0.39 is 17.3 Å². The maximum absolute atomic E-state index is 13.7. The van der Waals surface area contributed by atoms with Crippen LogP contribution in [0.25, 0.3) is 0 Å². The highest BCUT2D eigenvalue weighted by Crippen LogP contribution is 2.29. The lowest BCUT2D eigenvalue weighted by Crippen LogP contribution is -2.52. The minimum absolute atomic E-state index is 0.124. The molecule has 1 fully saturated rings. The average Bonchev–Trinajstić information content (AvgIpc) is 3.02. The molecule has 2 aliphatic heterocycles. The van der Waals surface area contributed by atoms with Gasteiger partial charge in [0.25, 0.3) is 5.91 Å². The lowest BCUT2D eigenvalue weighted by molar-refractivity contribution is -0.119. The highest BCUT2D eigenvalue weighted by Gasteiger charge is 2.42. The number of rotatable bonds is 4. The Labute approximate surface area is 166 Å². The monoisotopic (exact) mass is 398 g/mol. The first-order valence-corrected chi connectivity index (χ1v) is 9.39. The number of hydrogen-bond donors (Lipinski definition) is 2. The van der Waals surface area contributed by atoms with Crippen molar-refractivity contribution in [3.63, 3.8) is 0 Å². The van der Waals surface area contributed by atoms with Gasteiger partial charge in [0, 0.05) is 31.5 Å². The third-order valence-electron chi connectivity index (χ3n) is 5.18. The van der Waals surface area contributed by atoms with Crippen molar-refractivity contribution < 1.29 is 18.4 Å². The third kappa shape index (κ3) is 4.17. The topological polar surface area (TPSA) is 73.8 Å². The van der Waals surface area contributed by atoms with Gasteiger partial charge in [-0.2, -0.15) is 0 Å². The molecule has 0 aliphatic carbocycles. The number of aliphatic imine (C=N–C) groups is 1. The van der Waals surface area contributed by atoms with Gasteiger partial charge in [-0.1, -0.05) is 24.3 Å². The van der Waals surface area contributed by atoms with Gasteiger partial charge >= 0.3 is 0 Å². The number of nitrogens with zero attached hydrogens (tertiary/aromatic N) is 2. The number of halogens is 2. The number of para-hydroxylation sites is 1. The van der Waals surface area contributed by atoms with Gasteiger partial charge in [0.05, 0.1) is 12.2 Å². The van der Waals surface area contributed by atoms with Gasteiger partial charge in [0.2, 0.25) is 5.91 Å². The summed E-state index contributed by atoms with van der Waals surface area (Å²) in [5.74, 6) is -1.52. The van der Waals surface area contributed by atoms with Crippen molar-refractivity contribution in [2.24, 2.45) is 4.99 Å². The van der Waals surface area contributed by atoms with E-state index in [1.165, 1.54) is 24.3 Å². The minimum Gasteiger partial charge on any atom is -0.326 e. The van der Waals surface area contributed by atoms with Crippen molar-refractivity contribution in [2.45, 2.75) is 18.5 Å². The first kappa shape index (κ1) is 19.2. The Morgan fingerprint density at radius 2 is 1.90 bits per heavy atom. The zero-order chi connectivity index (χ0) is 20.4. The molecule has 0 radical (unpaired) electrons. The molecule has 1 saturated heterocycles.